The van der Waals surface area contributed by atoms with Crippen molar-refractivity contribution in [3.63, 3.8) is 0 Å². The van der Waals surface area contributed by atoms with E-state index < -0.39 is 5.72 Å². The van der Waals surface area contributed by atoms with E-state index in [4.69, 9.17) is 4.74 Å². The van der Waals surface area contributed by atoms with Gasteiger partial charge in [0.2, 0.25) is 5.91 Å². The van der Waals surface area contributed by atoms with Gasteiger partial charge in [-0.3, -0.25) is 9.69 Å². The van der Waals surface area contributed by atoms with E-state index in [1.165, 1.54) is 6.07 Å². The Labute approximate surface area is 129 Å². The van der Waals surface area contributed by atoms with E-state index in [2.05, 4.69) is 4.90 Å². The van der Waals surface area contributed by atoms with Crippen LogP contribution in [-0.2, 0) is 16.1 Å². The zero-order valence-corrected chi connectivity index (χ0v) is 12.8. The maximum Gasteiger partial charge on any atom is 0.226 e. The number of amides is 1. The van der Waals surface area contributed by atoms with Crippen molar-refractivity contribution in [3.8, 4) is 0 Å². The Morgan fingerprint density at radius 1 is 1.41 bits per heavy atom. The van der Waals surface area contributed by atoms with Crippen molar-refractivity contribution in [1.29, 1.82) is 0 Å². The predicted molar refractivity (Wildman–Crippen MR) is 79.6 cm³/mol. The SMILES string of the molecule is Cc1cc(F)ccc1CN1CC[C@@]23OCCCN2C(=O)C[C@@H]13. The number of halogens is 1. The second-order valence-corrected chi connectivity index (χ2v) is 6.60. The first-order valence-corrected chi connectivity index (χ1v) is 8.04. The van der Waals surface area contributed by atoms with Gasteiger partial charge in [-0.1, -0.05) is 6.07 Å². The lowest BCUT2D eigenvalue weighted by atomic mass is 10.0. The molecule has 0 N–H and O–H groups in total. The van der Waals surface area contributed by atoms with Crippen LogP contribution in [0.15, 0.2) is 18.2 Å². The molecule has 2 atom stereocenters. The highest BCUT2D eigenvalue weighted by Crippen LogP contribution is 2.45. The van der Waals surface area contributed by atoms with Crippen LogP contribution in [0, 0.1) is 12.7 Å². The number of rotatable bonds is 2. The third kappa shape index (κ3) is 1.99. The van der Waals surface area contributed by atoms with Gasteiger partial charge in [-0.15, -0.1) is 0 Å². The van der Waals surface area contributed by atoms with Crippen molar-refractivity contribution in [2.75, 3.05) is 19.7 Å². The van der Waals surface area contributed by atoms with Crippen LogP contribution < -0.4 is 0 Å². The summed E-state index contributed by atoms with van der Waals surface area (Å²) in [6.07, 6.45) is 2.35. The third-order valence-corrected chi connectivity index (χ3v) is 5.40. The minimum absolute atomic E-state index is 0.129. The van der Waals surface area contributed by atoms with Gasteiger partial charge in [-0.05, 0) is 36.6 Å². The maximum absolute atomic E-state index is 13.3. The molecule has 3 fully saturated rings. The molecule has 3 heterocycles. The fourth-order valence-electron chi connectivity index (χ4n) is 4.28. The molecule has 4 nitrogen and oxygen atoms in total. The quantitative estimate of drug-likeness (QED) is 0.838. The zero-order valence-electron chi connectivity index (χ0n) is 12.8. The summed E-state index contributed by atoms with van der Waals surface area (Å²) in [5, 5.41) is 0. The molecule has 0 aromatic heterocycles. The van der Waals surface area contributed by atoms with Crippen LogP contribution in [-0.4, -0.2) is 47.2 Å². The molecule has 5 heteroatoms. The summed E-state index contributed by atoms with van der Waals surface area (Å²) in [5.41, 5.74) is 1.69. The fourth-order valence-corrected chi connectivity index (χ4v) is 4.28. The number of aryl methyl sites for hydroxylation is 1. The lowest BCUT2D eigenvalue weighted by molar-refractivity contribution is -0.180. The molecular weight excluding hydrogens is 283 g/mol. The van der Waals surface area contributed by atoms with Gasteiger partial charge in [0, 0.05) is 32.5 Å². The number of carbonyl (C=O) groups is 1. The lowest BCUT2D eigenvalue weighted by Gasteiger charge is -2.42. The van der Waals surface area contributed by atoms with E-state index in [1.54, 1.807) is 6.07 Å². The van der Waals surface area contributed by atoms with Crippen LogP contribution in [0.1, 0.15) is 30.4 Å². The molecule has 3 saturated heterocycles. The minimum atomic E-state index is -0.400. The second-order valence-electron chi connectivity index (χ2n) is 6.60. The highest BCUT2D eigenvalue weighted by atomic mass is 19.1. The number of carbonyl (C=O) groups excluding carboxylic acids is 1. The molecule has 3 aliphatic rings. The first-order valence-electron chi connectivity index (χ1n) is 8.04. The number of hydrogen-bond acceptors (Lipinski definition) is 3. The van der Waals surface area contributed by atoms with Gasteiger partial charge < -0.3 is 9.64 Å². The summed E-state index contributed by atoms with van der Waals surface area (Å²) in [7, 11) is 0. The Morgan fingerprint density at radius 3 is 3.09 bits per heavy atom. The molecule has 0 unspecified atom stereocenters. The lowest BCUT2D eigenvalue weighted by Crippen LogP contribution is -2.56. The highest BCUT2D eigenvalue weighted by Gasteiger charge is 2.60. The van der Waals surface area contributed by atoms with E-state index in [0.717, 1.165) is 50.2 Å². The van der Waals surface area contributed by atoms with Crippen molar-refractivity contribution in [1.82, 2.24) is 9.80 Å². The average Bonchev–Trinajstić information content (AvgIpc) is 2.96. The summed E-state index contributed by atoms with van der Waals surface area (Å²) in [6, 6.07) is 5.07. The van der Waals surface area contributed by atoms with Crippen molar-refractivity contribution >= 4 is 5.91 Å². The van der Waals surface area contributed by atoms with Gasteiger partial charge in [0.15, 0.2) is 5.72 Å². The van der Waals surface area contributed by atoms with Crippen LogP contribution in [0.5, 0.6) is 0 Å². The summed E-state index contributed by atoms with van der Waals surface area (Å²) in [6.45, 7) is 5.17. The third-order valence-electron chi connectivity index (χ3n) is 5.40. The predicted octanol–water partition coefficient (Wildman–Crippen LogP) is 2.06. The Bertz CT molecular complexity index is 621. The summed E-state index contributed by atoms with van der Waals surface area (Å²) >= 11 is 0. The molecule has 0 saturated carbocycles. The van der Waals surface area contributed by atoms with Gasteiger partial charge in [0.25, 0.3) is 0 Å². The number of ether oxygens (including phenoxy) is 1. The van der Waals surface area contributed by atoms with Crippen molar-refractivity contribution < 1.29 is 13.9 Å². The zero-order chi connectivity index (χ0) is 15.3. The molecule has 3 aliphatic heterocycles. The number of benzene rings is 1. The molecule has 0 aliphatic carbocycles. The average molecular weight is 304 g/mol. The Morgan fingerprint density at radius 2 is 2.27 bits per heavy atom. The molecule has 1 spiro atoms. The van der Waals surface area contributed by atoms with E-state index in [0.29, 0.717) is 6.42 Å². The molecule has 118 valence electrons. The van der Waals surface area contributed by atoms with E-state index >= 15 is 0 Å². The molecule has 22 heavy (non-hydrogen) atoms. The molecule has 0 bridgehead atoms. The Balaban J connectivity index is 1.59. The second kappa shape index (κ2) is 5.03. The molecule has 1 amide bonds. The first-order chi connectivity index (χ1) is 10.6. The summed E-state index contributed by atoms with van der Waals surface area (Å²) in [5.74, 6) is 0.0159. The molecule has 1 aromatic carbocycles. The van der Waals surface area contributed by atoms with Crippen molar-refractivity contribution in [2.24, 2.45) is 0 Å². The summed E-state index contributed by atoms with van der Waals surface area (Å²) < 4.78 is 19.4. The number of hydrogen-bond donors (Lipinski definition) is 0. The smallest absolute Gasteiger partial charge is 0.226 e. The largest absolute Gasteiger partial charge is 0.354 e. The molecular formula is C17H21FN2O2. The van der Waals surface area contributed by atoms with Crippen molar-refractivity contribution in [2.45, 2.75) is 44.5 Å². The monoisotopic (exact) mass is 304 g/mol. The van der Waals surface area contributed by atoms with Gasteiger partial charge >= 0.3 is 0 Å². The highest BCUT2D eigenvalue weighted by molar-refractivity contribution is 5.81. The Kier molecular flexibility index (Phi) is 3.24. The van der Waals surface area contributed by atoms with Crippen LogP contribution >= 0.6 is 0 Å². The summed E-state index contributed by atoms with van der Waals surface area (Å²) in [4.78, 5) is 16.6. The van der Waals surface area contributed by atoms with Gasteiger partial charge in [-0.25, -0.2) is 4.39 Å². The van der Waals surface area contributed by atoms with Gasteiger partial charge in [0.05, 0.1) is 12.6 Å². The van der Waals surface area contributed by atoms with Crippen molar-refractivity contribution in [3.05, 3.63) is 35.1 Å². The van der Waals surface area contributed by atoms with E-state index in [9.17, 15) is 9.18 Å². The normalized spacial score (nSPS) is 31.5. The number of likely N-dealkylation sites (tertiary alicyclic amines) is 1. The van der Waals surface area contributed by atoms with E-state index in [-0.39, 0.29) is 17.8 Å². The van der Waals surface area contributed by atoms with Gasteiger partial charge in [-0.2, -0.15) is 0 Å². The van der Waals surface area contributed by atoms with Gasteiger partial charge in [0.1, 0.15) is 5.82 Å². The maximum atomic E-state index is 13.3. The topological polar surface area (TPSA) is 32.8 Å². The van der Waals surface area contributed by atoms with Crippen LogP contribution in [0.2, 0.25) is 0 Å². The molecule has 0 radical (unpaired) electrons. The van der Waals surface area contributed by atoms with Crippen LogP contribution in [0.3, 0.4) is 0 Å². The molecule has 4 rings (SSSR count). The van der Waals surface area contributed by atoms with E-state index in [1.807, 2.05) is 17.9 Å². The van der Waals surface area contributed by atoms with Crippen LogP contribution in [0.4, 0.5) is 4.39 Å². The standard InChI is InChI=1S/C17H21FN2O2/c1-12-9-14(18)4-3-13(12)11-19-7-5-17-15(19)10-16(21)20(17)6-2-8-22-17/h3-4,9,15H,2,5-8,10-11H2,1H3/t15-,17+/m1/s1. The van der Waals surface area contributed by atoms with Crippen LogP contribution in [0.25, 0.3) is 0 Å². The number of nitrogens with zero attached hydrogens (tertiary/aromatic N) is 2. The molecule has 1 aromatic rings. The minimum Gasteiger partial charge on any atom is -0.354 e. The fraction of sp³-hybridized carbons (Fsp3) is 0.588. The first kappa shape index (κ1) is 14.2. The Hall–Kier alpha value is -1.46.